The van der Waals surface area contributed by atoms with E-state index in [9.17, 15) is 23.2 Å². The lowest BCUT2D eigenvalue weighted by Crippen LogP contribution is -2.50. The van der Waals surface area contributed by atoms with Crippen molar-refractivity contribution in [1.82, 2.24) is 50.4 Å². The fourth-order valence-corrected chi connectivity index (χ4v) is 8.18. The smallest absolute Gasteiger partial charge is 0.314 e. The molecule has 8 rings (SSSR count). The predicted octanol–water partition coefficient (Wildman–Crippen LogP) is 6.46. The van der Waals surface area contributed by atoms with Crippen LogP contribution in [-0.4, -0.2) is 90.5 Å². The Bertz CT molecular complexity index is 2490. The van der Waals surface area contributed by atoms with Crippen molar-refractivity contribution in [2.45, 2.75) is 71.4 Å². The first-order valence-corrected chi connectivity index (χ1v) is 20.9. The quantitative estimate of drug-likeness (QED) is 0.119. The number of nitrogens with zero attached hydrogens (tertiary/aromatic N) is 8. The standard InChI is InChI=1S/C22H25FN6O2.C21H24FN5O.C2H3N/c1-2-19(14-4-3-9-28(13-14)22(24)31)27-21(30)18-10-25-12-20-17(18)11-26-29(20)16-7-5-15(23)6-8-16;1-2-19(14-4-3-9-23-10-14)26-21(28)18-11-24-13-20-17(18)12-25-27(20)16-7-5-15(22)6-8-16;1-2-3/h5-8,10-12,14,19H,2-4,9,13H2,1H3,(H2,24,31)(H,27,30);5-8,11-14,19,23H,2-4,9-10H2,1H3,(H,26,28);1H3. The fourth-order valence-electron chi connectivity index (χ4n) is 8.18. The highest BCUT2D eigenvalue weighted by Crippen LogP contribution is 2.26. The van der Waals surface area contributed by atoms with Gasteiger partial charge in [0.15, 0.2) is 0 Å². The highest BCUT2D eigenvalue weighted by atomic mass is 19.1. The average Bonchev–Trinajstić information content (AvgIpc) is 3.94. The molecule has 4 atom stereocenters. The number of carbonyl (C=O) groups is 3. The molecular formula is C45H52F2N12O3. The minimum absolute atomic E-state index is 0.0861. The number of urea groups is 1. The molecule has 0 radical (unpaired) electrons. The lowest BCUT2D eigenvalue weighted by atomic mass is 9.89. The Balaban J connectivity index is 0.000000195. The second-order valence-electron chi connectivity index (χ2n) is 15.3. The monoisotopic (exact) mass is 846 g/mol. The first-order chi connectivity index (χ1) is 30.1. The third kappa shape index (κ3) is 10.6. The van der Waals surface area contributed by atoms with Gasteiger partial charge in [-0.05, 0) is 112 Å². The van der Waals surface area contributed by atoms with Crippen LogP contribution in [0.3, 0.4) is 0 Å². The topological polar surface area (TPSA) is 202 Å². The lowest BCUT2D eigenvalue weighted by Gasteiger charge is -2.36. The number of piperidine rings is 2. The molecule has 5 N–H and O–H groups in total. The number of pyridine rings is 2. The summed E-state index contributed by atoms with van der Waals surface area (Å²) in [5, 5.41) is 27.2. The van der Waals surface area contributed by atoms with Gasteiger partial charge in [0, 0.05) is 55.3 Å². The van der Waals surface area contributed by atoms with E-state index in [1.807, 2.05) is 6.92 Å². The third-order valence-electron chi connectivity index (χ3n) is 11.4. The zero-order valence-corrected chi connectivity index (χ0v) is 35.1. The van der Waals surface area contributed by atoms with Crippen LogP contribution in [0.15, 0.2) is 85.7 Å². The van der Waals surface area contributed by atoms with E-state index >= 15 is 0 Å². The summed E-state index contributed by atoms with van der Waals surface area (Å²) in [6.07, 6.45) is 15.4. The molecule has 0 spiro atoms. The van der Waals surface area contributed by atoms with Crippen LogP contribution in [0.5, 0.6) is 0 Å². The van der Waals surface area contributed by atoms with Crippen molar-refractivity contribution < 1.29 is 23.2 Å². The van der Waals surface area contributed by atoms with Crippen LogP contribution in [0.2, 0.25) is 0 Å². The molecule has 2 saturated heterocycles. The number of halogens is 2. The summed E-state index contributed by atoms with van der Waals surface area (Å²) in [6, 6.07) is 13.4. The highest BCUT2D eigenvalue weighted by Gasteiger charge is 2.30. The molecule has 4 amide bonds. The van der Waals surface area contributed by atoms with E-state index in [0.717, 1.165) is 62.7 Å². The number of rotatable bonds is 10. The van der Waals surface area contributed by atoms with Crippen LogP contribution in [-0.2, 0) is 0 Å². The highest BCUT2D eigenvalue weighted by molar-refractivity contribution is 6.06. The lowest BCUT2D eigenvalue weighted by molar-refractivity contribution is 0.0894. The van der Waals surface area contributed by atoms with Crippen molar-refractivity contribution in [3.63, 3.8) is 0 Å². The first-order valence-electron chi connectivity index (χ1n) is 20.9. The first kappa shape index (κ1) is 44.7. The number of carbonyl (C=O) groups excluding carboxylic acids is 3. The number of hydrogen-bond acceptors (Lipinski definition) is 9. The number of benzene rings is 2. The molecule has 4 aromatic heterocycles. The largest absolute Gasteiger partial charge is 0.351 e. The maximum atomic E-state index is 13.3. The van der Waals surface area contributed by atoms with Gasteiger partial charge in [-0.25, -0.2) is 22.9 Å². The molecule has 0 aliphatic carbocycles. The van der Waals surface area contributed by atoms with Crippen LogP contribution in [0.1, 0.15) is 80.0 Å². The third-order valence-corrected chi connectivity index (χ3v) is 11.4. The Morgan fingerprint density at radius 1 is 0.774 bits per heavy atom. The van der Waals surface area contributed by atoms with Gasteiger partial charge in [-0.3, -0.25) is 19.6 Å². The van der Waals surface area contributed by atoms with Crippen molar-refractivity contribution in [2.24, 2.45) is 17.6 Å². The molecule has 2 fully saturated rings. The summed E-state index contributed by atoms with van der Waals surface area (Å²) in [5.41, 5.74) is 9.14. The number of amides is 4. The molecule has 2 aliphatic heterocycles. The van der Waals surface area contributed by atoms with Gasteiger partial charge in [0.05, 0.1) is 64.4 Å². The molecule has 0 bridgehead atoms. The molecule has 0 saturated carbocycles. The molecule has 6 aromatic rings. The number of hydrogen-bond donors (Lipinski definition) is 4. The van der Waals surface area contributed by atoms with E-state index in [2.05, 4.69) is 43.0 Å². The van der Waals surface area contributed by atoms with Crippen molar-refractivity contribution in [3.05, 3.63) is 108 Å². The summed E-state index contributed by atoms with van der Waals surface area (Å²) in [5.74, 6) is -0.419. The zero-order chi connectivity index (χ0) is 44.2. The van der Waals surface area contributed by atoms with Crippen LogP contribution >= 0.6 is 0 Å². The maximum Gasteiger partial charge on any atom is 0.314 e. The Labute approximate surface area is 358 Å². The van der Waals surface area contributed by atoms with Crippen LogP contribution < -0.4 is 21.7 Å². The second-order valence-corrected chi connectivity index (χ2v) is 15.3. The molecular weight excluding hydrogens is 795 g/mol. The number of nitrogens with one attached hydrogen (secondary N) is 3. The average molecular weight is 847 g/mol. The number of nitriles is 1. The maximum absolute atomic E-state index is 13.3. The Hall–Kier alpha value is -6.80. The van der Waals surface area contributed by atoms with E-state index in [-0.39, 0.29) is 41.5 Å². The molecule has 62 heavy (non-hydrogen) atoms. The predicted molar refractivity (Wildman–Crippen MR) is 231 cm³/mol. The van der Waals surface area contributed by atoms with Crippen molar-refractivity contribution in [2.75, 3.05) is 26.2 Å². The van der Waals surface area contributed by atoms with E-state index in [1.165, 1.54) is 37.4 Å². The normalized spacial score (nSPS) is 17.1. The van der Waals surface area contributed by atoms with Crippen molar-refractivity contribution in [1.29, 1.82) is 5.26 Å². The molecule has 15 nitrogen and oxygen atoms in total. The number of nitrogens with two attached hydrogens (primary N) is 1. The molecule has 4 unspecified atom stereocenters. The number of fused-ring (bicyclic) bond motifs is 2. The fraction of sp³-hybridized carbons (Fsp3) is 0.378. The summed E-state index contributed by atoms with van der Waals surface area (Å²) in [6.45, 7) is 8.72. The Morgan fingerprint density at radius 2 is 1.24 bits per heavy atom. The molecule has 6 heterocycles. The molecule has 2 aromatic carbocycles. The van der Waals surface area contributed by atoms with Gasteiger partial charge < -0.3 is 26.6 Å². The van der Waals surface area contributed by atoms with Gasteiger partial charge in [0.1, 0.15) is 11.6 Å². The van der Waals surface area contributed by atoms with Crippen molar-refractivity contribution in [3.8, 4) is 17.4 Å². The van der Waals surface area contributed by atoms with E-state index in [1.54, 1.807) is 75.6 Å². The Morgan fingerprint density at radius 3 is 1.68 bits per heavy atom. The minimum atomic E-state index is -0.423. The van der Waals surface area contributed by atoms with E-state index < -0.39 is 6.03 Å². The van der Waals surface area contributed by atoms with Gasteiger partial charge >= 0.3 is 6.03 Å². The van der Waals surface area contributed by atoms with Gasteiger partial charge in [-0.2, -0.15) is 15.5 Å². The second kappa shape index (κ2) is 21.1. The van der Waals surface area contributed by atoms with Gasteiger partial charge in [-0.1, -0.05) is 13.8 Å². The molecule has 2 aliphatic rings. The molecule has 324 valence electrons. The summed E-state index contributed by atoms with van der Waals surface area (Å²) in [4.78, 5) is 47.8. The number of likely N-dealkylation sites (tertiary alicyclic amines) is 1. The SMILES string of the molecule is CC#N.CCC(NC(=O)c1cncc2c1cnn2-c1ccc(F)cc1)C1CCCN(C(N)=O)C1.CCC(NC(=O)c1cncc2c1cnn2-c1ccc(F)cc1)C1CCCNC1. The summed E-state index contributed by atoms with van der Waals surface area (Å²) in [7, 11) is 0. The zero-order valence-electron chi connectivity index (χ0n) is 35.1. The minimum Gasteiger partial charge on any atom is -0.351 e. The number of aromatic nitrogens is 6. The molecule has 17 heteroatoms. The summed E-state index contributed by atoms with van der Waals surface area (Å²) >= 11 is 0. The van der Waals surface area contributed by atoms with Gasteiger partial charge in [0.25, 0.3) is 11.8 Å². The van der Waals surface area contributed by atoms with Crippen LogP contribution in [0, 0.1) is 34.8 Å². The number of primary amides is 1. The van der Waals surface area contributed by atoms with Gasteiger partial charge in [-0.15, -0.1) is 0 Å². The van der Waals surface area contributed by atoms with Crippen molar-refractivity contribution >= 4 is 39.7 Å². The van der Waals surface area contributed by atoms with Crippen LogP contribution in [0.25, 0.3) is 33.2 Å². The van der Waals surface area contributed by atoms with Gasteiger partial charge in [0.2, 0.25) is 0 Å². The van der Waals surface area contributed by atoms with E-state index in [0.29, 0.717) is 52.2 Å². The van der Waals surface area contributed by atoms with Crippen LogP contribution in [0.4, 0.5) is 13.6 Å². The summed E-state index contributed by atoms with van der Waals surface area (Å²) < 4.78 is 29.8. The Kier molecular flexibility index (Phi) is 15.3. The van der Waals surface area contributed by atoms with E-state index in [4.69, 9.17) is 11.0 Å².